The topological polar surface area (TPSA) is 128 Å². The molecule has 4 aromatic rings. The maximum Gasteiger partial charge on any atom is 0.256 e. The van der Waals surface area contributed by atoms with Crippen molar-refractivity contribution in [1.29, 1.82) is 0 Å². The van der Waals surface area contributed by atoms with Crippen LogP contribution in [0.5, 0.6) is 0 Å². The predicted octanol–water partition coefficient (Wildman–Crippen LogP) is 3.12. The van der Waals surface area contributed by atoms with Gasteiger partial charge < -0.3 is 20.9 Å². The summed E-state index contributed by atoms with van der Waals surface area (Å²) >= 11 is 0. The maximum absolute atomic E-state index is 12.6. The number of fused-ring (bicyclic) bond motifs is 3. The van der Waals surface area contributed by atoms with Crippen LogP contribution in [-0.4, -0.2) is 37.4 Å². The van der Waals surface area contributed by atoms with Crippen molar-refractivity contribution in [3.8, 4) is 11.1 Å². The van der Waals surface area contributed by atoms with Crippen molar-refractivity contribution in [2.45, 2.75) is 25.4 Å². The van der Waals surface area contributed by atoms with E-state index in [9.17, 15) is 9.59 Å². The Labute approximate surface area is 195 Å². The van der Waals surface area contributed by atoms with Gasteiger partial charge in [-0.15, -0.1) is 0 Å². The van der Waals surface area contributed by atoms with Gasteiger partial charge in [0, 0.05) is 35.5 Å². The van der Waals surface area contributed by atoms with E-state index in [2.05, 4.69) is 43.7 Å². The zero-order valence-corrected chi connectivity index (χ0v) is 18.5. The molecular weight excluding hydrogens is 430 g/mol. The van der Waals surface area contributed by atoms with Crippen molar-refractivity contribution >= 4 is 34.5 Å². The van der Waals surface area contributed by atoms with Gasteiger partial charge in [0.25, 0.3) is 5.91 Å². The van der Waals surface area contributed by atoms with Crippen LogP contribution < -0.4 is 16.4 Å². The molecule has 9 nitrogen and oxygen atoms in total. The molecule has 1 aliphatic rings. The Morgan fingerprint density at radius 1 is 1.15 bits per heavy atom. The Morgan fingerprint density at radius 2 is 1.94 bits per heavy atom. The number of aromatic nitrogens is 4. The molecule has 5 rings (SSSR count). The van der Waals surface area contributed by atoms with Gasteiger partial charge in [0.1, 0.15) is 23.6 Å². The molecule has 4 heterocycles. The largest absolute Gasteiger partial charge is 0.383 e. The molecule has 170 valence electrons. The van der Waals surface area contributed by atoms with Gasteiger partial charge >= 0.3 is 0 Å². The van der Waals surface area contributed by atoms with E-state index in [1.165, 1.54) is 12.4 Å². The minimum absolute atomic E-state index is 0.000342. The zero-order chi connectivity index (χ0) is 23.8. The standard InChI is InChI=1S/C25H23N7O2/c1-3-19(33)30-17-12-32-22(14(17)2)20(21-23(26)28-13-29-24(21)32)15-7-9-16(10-8-15)25(34)31-18-6-4-5-11-27-18/h3-11,13-14,17H,1,12H2,2H3,(H,30,33)(H2,26,28,29)(H,27,31,34)/t14?,17-/m0/s1. The number of rotatable bonds is 5. The summed E-state index contributed by atoms with van der Waals surface area (Å²) in [6, 6.07) is 12.5. The fourth-order valence-corrected chi connectivity index (χ4v) is 4.53. The first-order valence-corrected chi connectivity index (χ1v) is 10.9. The molecule has 0 aliphatic carbocycles. The number of nitrogens with two attached hydrogens (primary N) is 1. The summed E-state index contributed by atoms with van der Waals surface area (Å²) < 4.78 is 2.09. The minimum atomic E-state index is -0.249. The molecule has 0 saturated carbocycles. The Balaban J connectivity index is 1.54. The molecule has 4 N–H and O–H groups in total. The fourth-order valence-electron chi connectivity index (χ4n) is 4.53. The highest BCUT2D eigenvalue weighted by atomic mass is 16.2. The average Bonchev–Trinajstić information content (AvgIpc) is 3.35. The van der Waals surface area contributed by atoms with E-state index in [0.29, 0.717) is 23.7 Å². The molecule has 34 heavy (non-hydrogen) atoms. The van der Waals surface area contributed by atoms with Crippen LogP contribution in [0.3, 0.4) is 0 Å². The highest BCUT2D eigenvalue weighted by Crippen LogP contribution is 2.44. The van der Waals surface area contributed by atoms with Crippen molar-refractivity contribution in [3.05, 3.63) is 78.9 Å². The summed E-state index contributed by atoms with van der Waals surface area (Å²) in [5.41, 5.74) is 10.3. The van der Waals surface area contributed by atoms with Gasteiger partial charge in [-0.1, -0.05) is 31.7 Å². The van der Waals surface area contributed by atoms with Gasteiger partial charge in [-0.3, -0.25) is 9.59 Å². The van der Waals surface area contributed by atoms with Crippen molar-refractivity contribution in [2.24, 2.45) is 0 Å². The number of hydrogen-bond donors (Lipinski definition) is 3. The Morgan fingerprint density at radius 3 is 2.65 bits per heavy atom. The van der Waals surface area contributed by atoms with Crippen molar-refractivity contribution < 1.29 is 9.59 Å². The third-order valence-electron chi connectivity index (χ3n) is 6.18. The highest BCUT2D eigenvalue weighted by molar-refractivity contribution is 6.06. The summed E-state index contributed by atoms with van der Waals surface area (Å²) in [6.45, 7) is 6.17. The molecule has 0 fully saturated rings. The van der Waals surface area contributed by atoms with Crippen LogP contribution in [0.1, 0.15) is 28.9 Å². The minimum Gasteiger partial charge on any atom is -0.383 e. The van der Waals surface area contributed by atoms with E-state index in [1.54, 1.807) is 30.5 Å². The molecule has 9 heteroatoms. The Bertz CT molecular complexity index is 1410. The van der Waals surface area contributed by atoms with Gasteiger partial charge in [-0.25, -0.2) is 15.0 Å². The lowest BCUT2D eigenvalue weighted by atomic mass is 9.93. The molecule has 0 radical (unpaired) electrons. The van der Waals surface area contributed by atoms with Crippen molar-refractivity contribution in [1.82, 2.24) is 24.8 Å². The second kappa shape index (κ2) is 8.43. The van der Waals surface area contributed by atoms with Crippen LogP contribution in [0.2, 0.25) is 0 Å². The van der Waals surface area contributed by atoms with Crippen LogP contribution in [0, 0.1) is 0 Å². The Kier molecular flexibility index (Phi) is 5.29. The maximum atomic E-state index is 12.6. The zero-order valence-electron chi connectivity index (χ0n) is 18.5. The first-order valence-electron chi connectivity index (χ1n) is 10.9. The van der Waals surface area contributed by atoms with Gasteiger partial charge in [0.05, 0.1) is 11.4 Å². The molecule has 1 aromatic carbocycles. The molecule has 3 aromatic heterocycles. The monoisotopic (exact) mass is 453 g/mol. The summed E-state index contributed by atoms with van der Waals surface area (Å²) in [5.74, 6) is 0.406. The molecular formula is C25H23N7O2. The summed E-state index contributed by atoms with van der Waals surface area (Å²) in [6.07, 6.45) is 4.34. The third kappa shape index (κ3) is 3.57. The molecule has 0 bridgehead atoms. The van der Waals surface area contributed by atoms with Gasteiger partial charge in [0.2, 0.25) is 5.91 Å². The van der Waals surface area contributed by atoms with Gasteiger partial charge in [-0.05, 0) is 35.9 Å². The van der Waals surface area contributed by atoms with Gasteiger partial charge in [-0.2, -0.15) is 0 Å². The fraction of sp³-hybridized carbons (Fsp3) is 0.160. The molecule has 0 spiro atoms. The van der Waals surface area contributed by atoms with Crippen LogP contribution in [0.4, 0.5) is 11.6 Å². The molecule has 2 amide bonds. The quantitative estimate of drug-likeness (QED) is 0.399. The summed E-state index contributed by atoms with van der Waals surface area (Å²) in [5, 5.41) is 6.56. The number of carbonyl (C=O) groups excluding carboxylic acids is 2. The van der Waals surface area contributed by atoms with E-state index in [-0.39, 0.29) is 23.8 Å². The molecule has 2 atom stereocenters. The number of nitrogens with one attached hydrogen (secondary N) is 2. The Hall–Kier alpha value is -4.53. The summed E-state index contributed by atoms with van der Waals surface area (Å²) in [4.78, 5) is 37.4. The number of nitrogens with zero attached hydrogens (tertiary/aromatic N) is 4. The third-order valence-corrected chi connectivity index (χ3v) is 6.18. The number of nitrogen functional groups attached to an aromatic ring is 1. The van der Waals surface area contributed by atoms with E-state index < -0.39 is 0 Å². The number of amides is 2. The first-order chi connectivity index (χ1) is 16.5. The number of carbonyl (C=O) groups is 2. The number of pyridine rings is 1. The van der Waals surface area contributed by atoms with Gasteiger partial charge in [0.15, 0.2) is 0 Å². The molecule has 1 unspecified atom stereocenters. The average molecular weight is 454 g/mol. The lowest BCUT2D eigenvalue weighted by molar-refractivity contribution is -0.117. The molecule has 0 saturated heterocycles. The van der Waals surface area contributed by atoms with E-state index in [1.807, 2.05) is 18.2 Å². The van der Waals surface area contributed by atoms with Crippen molar-refractivity contribution in [3.63, 3.8) is 0 Å². The lowest BCUT2D eigenvalue weighted by Gasteiger charge is -2.17. The predicted molar refractivity (Wildman–Crippen MR) is 130 cm³/mol. The van der Waals surface area contributed by atoms with Crippen molar-refractivity contribution in [2.75, 3.05) is 11.1 Å². The number of anilines is 2. The van der Waals surface area contributed by atoms with Crippen LogP contribution >= 0.6 is 0 Å². The van der Waals surface area contributed by atoms with E-state index >= 15 is 0 Å². The number of benzene rings is 1. The second-order valence-electron chi connectivity index (χ2n) is 8.18. The highest BCUT2D eigenvalue weighted by Gasteiger charge is 2.36. The van der Waals surface area contributed by atoms with E-state index in [0.717, 1.165) is 27.9 Å². The second-order valence-corrected chi connectivity index (χ2v) is 8.18. The first kappa shape index (κ1) is 21.3. The van der Waals surface area contributed by atoms with Crippen LogP contribution in [0.25, 0.3) is 22.2 Å². The van der Waals surface area contributed by atoms with E-state index in [4.69, 9.17) is 5.73 Å². The van der Waals surface area contributed by atoms with Crippen LogP contribution in [-0.2, 0) is 11.3 Å². The summed E-state index contributed by atoms with van der Waals surface area (Å²) in [7, 11) is 0. The SMILES string of the molecule is C=CC(=O)N[C@H]1Cn2c(c(-c3ccc(C(=O)Nc4ccccn4)cc3)c3c(N)ncnc32)C1C. The van der Waals surface area contributed by atoms with Crippen LogP contribution in [0.15, 0.2) is 67.6 Å². The normalized spacial score (nSPS) is 16.7. The smallest absolute Gasteiger partial charge is 0.256 e. The molecule has 1 aliphatic heterocycles. The number of hydrogen-bond acceptors (Lipinski definition) is 6. The lowest BCUT2D eigenvalue weighted by Crippen LogP contribution is -2.36.